The maximum absolute atomic E-state index is 12.7. The molecule has 0 aromatic heterocycles. The Kier molecular flexibility index (Phi) is 5.05. The molecular weight excluding hydrogens is 252 g/mol. The summed E-state index contributed by atoms with van der Waals surface area (Å²) >= 11 is 0. The van der Waals surface area contributed by atoms with Crippen LogP contribution in [-0.4, -0.2) is 20.0 Å². The molecule has 0 spiro atoms. The normalized spacial score (nSPS) is 22.4. The molecule has 0 radical (unpaired) electrons. The van der Waals surface area contributed by atoms with Gasteiger partial charge in [-0.25, -0.2) is 0 Å². The fourth-order valence-electron chi connectivity index (χ4n) is 3.05. The van der Waals surface area contributed by atoms with Crippen molar-refractivity contribution >= 4 is 5.78 Å². The summed E-state index contributed by atoms with van der Waals surface area (Å²) in [6.45, 7) is 2.24. The van der Waals surface area contributed by atoms with E-state index in [2.05, 4.69) is 6.92 Å². The number of hydrogen-bond acceptors (Lipinski definition) is 3. The fourth-order valence-corrected chi connectivity index (χ4v) is 3.05. The first kappa shape index (κ1) is 14.9. The fraction of sp³-hybridized carbons (Fsp3) is 0.588. The molecule has 1 saturated carbocycles. The molecule has 2 rings (SSSR count). The van der Waals surface area contributed by atoms with E-state index in [9.17, 15) is 4.79 Å². The van der Waals surface area contributed by atoms with Gasteiger partial charge in [0.15, 0.2) is 5.78 Å². The molecule has 1 aliphatic carbocycles. The predicted octanol–water partition coefficient (Wildman–Crippen LogP) is 4.10. The molecule has 20 heavy (non-hydrogen) atoms. The maximum atomic E-state index is 12.7. The van der Waals surface area contributed by atoms with Crippen molar-refractivity contribution < 1.29 is 14.3 Å². The molecule has 1 fully saturated rings. The lowest BCUT2D eigenvalue weighted by Crippen LogP contribution is -2.22. The van der Waals surface area contributed by atoms with Crippen molar-refractivity contribution in [3.8, 4) is 11.5 Å². The van der Waals surface area contributed by atoms with Gasteiger partial charge in [0.1, 0.15) is 11.5 Å². The number of carbonyl (C=O) groups excluding carboxylic acids is 1. The Hall–Kier alpha value is -1.51. The molecule has 3 heteroatoms. The summed E-state index contributed by atoms with van der Waals surface area (Å²) < 4.78 is 10.5. The van der Waals surface area contributed by atoms with Crippen molar-refractivity contribution in [1.82, 2.24) is 0 Å². The van der Waals surface area contributed by atoms with Gasteiger partial charge < -0.3 is 9.47 Å². The van der Waals surface area contributed by atoms with Crippen LogP contribution in [-0.2, 0) is 0 Å². The van der Waals surface area contributed by atoms with E-state index in [0.29, 0.717) is 17.1 Å². The molecule has 0 atom stereocenters. The lowest BCUT2D eigenvalue weighted by atomic mass is 9.77. The van der Waals surface area contributed by atoms with Crippen LogP contribution in [0.1, 0.15) is 49.4 Å². The highest BCUT2D eigenvalue weighted by Gasteiger charge is 2.28. The summed E-state index contributed by atoms with van der Waals surface area (Å²) in [5, 5.41) is 0. The van der Waals surface area contributed by atoms with Crippen molar-refractivity contribution in [2.75, 3.05) is 14.2 Å². The highest BCUT2D eigenvalue weighted by atomic mass is 16.5. The van der Waals surface area contributed by atoms with Gasteiger partial charge in [0.25, 0.3) is 0 Å². The summed E-state index contributed by atoms with van der Waals surface area (Å²) in [5.41, 5.74) is 0.688. The number of benzene rings is 1. The number of ketones is 1. The summed E-state index contributed by atoms with van der Waals surface area (Å²) in [6, 6.07) is 5.43. The third kappa shape index (κ3) is 3.14. The van der Waals surface area contributed by atoms with Crippen LogP contribution in [0.25, 0.3) is 0 Å². The van der Waals surface area contributed by atoms with Crippen LogP contribution in [0.2, 0.25) is 0 Å². The van der Waals surface area contributed by atoms with E-state index in [1.54, 1.807) is 20.3 Å². The number of rotatable bonds is 5. The van der Waals surface area contributed by atoms with Crippen molar-refractivity contribution in [1.29, 1.82) is 0 Å². The van der Waals surface area contributed by atoms with E-state index >= 15 is 0 Å². The Balaban J connectivity index is 2.13. The number of methoxy groups -OCH3 is 2. The Morgan fingerprint density at radius 2 is 1.85 bits per heavy atom. The summed E-state index contributed by atoms with van der Waals surface area (Å²) in [7, 11) is 3.21. The van der Waals surface area contributed by atoms with Crippen LogP contribution < -0.4 is 9.47 Å². The van der Waals surface area contributed by atoms with Gasteiger partial charge in [-0.2, -0.15) is 0 Å². The van der Waals surface area contributed by atoms with E-state index in [0.717, 1.165) is 18.8 Å². The highest BCUT2D eigenvalue weighted by molar-refractivity contribution is 6.00. The van der Waals surface area contributed by atoms with Gasteiger partial charge in [-0.05, 0) is 43.7 Å². The number of carbonyl (C=O) groups is 1. The lowest BCUT2D eigenvalue weighted by Gasteiger charge is -2.27. The summed E-state index contributed by atoms with van der Waals surface area (Å²) in [5.74, 6) is 2.51. The third-order valence-corrected chi connectivity index (χ3v) is 4.47. The molecule has 3 nitrogen and oxygen atoms in total. The zero-order valence-electron chi connectivity index (χ0n) is 12.6. The zero-order chi connectivity index (χ0) is 14.5. The van der Waals surface area contributed by atoms with Crippen molar-refractivity contribution in [3.05, 3.63) is 23.8 Å². The minimum absolute atomic E-state index is 0.153. The molecule has 0 heterocycles. The van der Waals surface area contributed by atoms with Crippen LogP contribution in [0.5, 0.6) is 11.5 Å². The molecule has 0 amide bonds. The molecule has 0 N–H and O–H groups in total. The topological polar surface area (TPSA) is 35.5 Å². The largest absolute Gasteiger partial charge is 0.497 e. The minimum atomic E-state index is 0.153. The molecule has 0 bridgehead atoms. The second-order valence-corrected chi connectivity index (χ2v) is 5.56. The van der Waals surface area contributed by atoms with E-state index in [1.807, 2.05) is 12.1 Å². The van der Waals surface area contributed by atoms with Crippen molar-refractivity contribution in [3.63, 3.8) is 0 Å². The molecule has 0 aliphatic heterocycles. The first-order valence-electron chi connectivity index (χ1n) is 7.45. The third-order valence-electron chi connectivity index (χ3n) is 4.47. The maximum Gasteiger partial charge on any atom is 0.169 e. The van der Waals surface area contributed by atoms with Crippen LogP contribution >= 0.6 is 0 Å². The highest BCUT2D eigenvalue weighted by Crippen LogP contribution is 2.35. The van der Waals surface area contributed by atoms with Crippen molar-refractivity contribution in [2.24, 2.45) is 11.8 Å². The van der Waals surface area contributed by atoms with Gasteiger partial charge in [-0.1, -0.05) is 13.3 Å². The van der Waals surface area contributed by atoms with Crippen LogP contribution in [0.3, 0.4) is 0 Å². The molecule has 0 unspecified atom stereocenters. The Morgan fingerprint density at radius 1 is 1.15 bits per heavy atom. The van der Waals surface area contributed by atoms with E-state index < -0.39 is 0 Å². The predicted molar refractivity (Wildman–Crippen MR) is 79.6 cm³/mol. The molecule has 1 aliphatic rings. The van der Waals surface area contributed by atoms with Crippen LogP contribution in [0.4, 0.5) is 0 Å². The van der Waals surface area contributed by atoms with Crippen molar-refractivity contribution in [2.45, 2.75) is 39.0 Å². The number of Topliss-reactive ketones (excluding diaryl/α,β-unsaturated/α-hetero) is 1. The second kappa shape index (κ2) is 6.78. The number of ether oxygens (including phenoxy) is 2. The molecular formula is C17H24O3. The first-order chi connectivity index (χ1) is 9.69. The SMILES string of the molecule is CCC1CCC(C(=O)c2ccc(OC)cc2OC)CC1. The van der Waals surface area contributed by atoms with Gasteiger partial charge in [0.2, 0.25) is 0 Å². The average molecular weight is 276 g/mol. The molecule has 1 aromatic rings. The van der Waals surface area contributed by atoms with E-state index in [1.165, 1.54) is 19.3 Å². The Bertz CT molecular complexity index is 459. The smallest absolute Gasteiger partial charge is 0.169 e. The number of hydrogen-bond donors (Lipinski definition) is 0. The van der Waals surface area contributed by atoms with E-state index in [-0.39, 0.29) is 11.7 Å². The standard InChI is InChI=1S/C17H24O3/c1-4-12-5-7-13(8-6-12)17(18)15-10-9-14(19-2)11-16(15)20-3/h9-13H,4-8H2,1-3H3. The summed E-state index contributed by atoms with van der Waals surface area (Å²) in [4.78, 5) is 12.7. The second-order valence-electron chi connectivity index (χ2n) is 5.56. The molecule has 1 aromatic carbocycles. The summed E-state index contributed by atoms with van der Waals surface area (Å²) in [6.07, 6.45) is 5.59. The minimum Gasteiger partial charge on any atom is -0.497 e. The zero-order valence-corrected chi connectivity index (χ0v) is 12.6. The average Bonchev–Trinajstić information content (AvgIpc) is 2.53. The Labute approximate surface area is 121 Å². The molecule has 0 saturated heterocycles. The van der Waals surface area contributed by atoms with Crippen LogP contribution in [0, 0.1) is 11.8 Å². The van der Waals surface area contributed by atoms with Gasteiger partial charge in [-0.15, -0.1) is 0 Å². The van der Waals surface area contributed by atoms with Gasteiger partial charge in [0.05, 0.1) is 19.8 Å². The van der Waals surface area contributed by atoms with Gasteiger partial charge in [0, 0.05) is 12.0 Å². The molecule has 110 valence electrons. The van der Waals surface area contributed by atoms with Gasteiger partial charge in [-0.3, -0.25) is 4.79 Å². The lowest BCUT2D eigenvalue weighted by molar-refractivity contribution is 0.0868. The van der Waals surface area contributed by atoms with Gasteiger partial charge >= 0.3 is 0 Å². The van der Waals surface area contributed by atoms with Crippen LogP contribution in [0.15, 0.2) is 18.2 Å². The monoisotopic (exact) mass is 276 g/mol. The Morgan fingerprint density at radius 3 is 2.40 bits per heavy atom. The quantitative estimate of drug-likeness (QED) is 0.759. The first-order valence-corrected chi connectivity index (χ1v) is 7.45. The van der Waals surface area contributed by atoms with E-state index in [4.69, 9.17) is 9.47 Å².